The van der Waals surface area contributed by atoms with Crippen LogP contribution in [0.25, 0.3) is 0 Å². The molecule has 1 aromatic rings. The van der Waals surface area contributed by atoms with E-state index in [0.717, 1.165) is 29.1 Å². The summed E-state index contributed by atoms with van der Waals surface area (Å²) in [4.78, 5) is 27.0. The summed E-state index contributed by atoms with van der Waals surface area (Å²) in [6, 6.07) is 0. The number of aromatic nitrogens is 1. The molecule has 140 valence electrons. The lowest BCUT2D eigenvalue weighted by atomic mass is 9.49. The highest BCUT2D eigenvalue weighted by atomic mass is 16.5. The van der Waals surface area contributed by atoms with Gasteiger partial charge in [0.15, 0.2) is 5.69 Å². The van der Waals surface area contributed by atoms with Gasteiger partial charge in [0.05, 0.1) is 6.54 Å². The van der Waals surface area contributed by atoms with E-state index in [1.165, 1.54) is 38.5 Å². The fourth-order valence-electron chi connectivity index (χ4n) is 6.66. The Morgan fingerprint density at radius 1 is 1.19 bits per heavy atom. The monoisotopic (exact) mass is 357 g/mol. The first kappa shape index (κ1) is 16.3. The standard InChI is InChI=1S/C20H27N3O3/c1-21-19(25)18-15-11-23(3-2-16(15)26-22-18)17(24)10-20-7-12-4-13(8-20)6-14(5-12)9-20/h12-14H,2-11H2,1H3,(H,21,25). The van der Waals surface area contributed by atoms with E-state index in [2.05, 4.69) is 10.5 Å². The number of amides is 2. The molecule has 1 N–H and O–H groups in total. The van der Waals surface area contributed by atoms with E-state index in [9.17, 15) is 9.59 Å². The van der Waals surface area contributed by atoms with Crippen LogP contribution < -0.4 is 5.32 Å². The highest BCUT2D eigenvalue weighted by Crippen LogP contribution is 2.61. The van der Waals surface area contributed by atoms with Crippen molar-refractivity contribution < 1.29 is 14.1 Å². The molecule has 0 unspecified atom stereocenters. The minimum Gasteiger partial charge on any atom is -0.360 e. The summed E-state index contributed by atoms with van der Waals surface area (Å²) < 4.78 is 5.32. The van der Waals surface area contributed by atoms with E-state index in [1.807, 2.05) is 4.90 Å². The molecule has 6 heteroatoms. The van der Waals surface area contributed by atoms with Crippen LogP contribution in [-0.4, -0.2) is 35.5 Å². The highest BCUT2D eigenvalue weighted by Gasteiger charge is 2.51. The quantitative estimate of drug-likeness (QED) is 0.902. The Morgan fingerprint density at radius 3 is 2.46 bits per heavy atom. The first-order valence-electron chi connectivity index (χ1n) is 10.0. The summed E-state index contributed by atoms with van der Waals surface area (Å²) in [5.74, 6) is 3.34. The SMILES string of the molecule is CNC(=O)c1noc2c1CN(C(=O)CC13CC4CC(CC(C4)C1)C3)CC2. The average molecular weight is 357 g/mol. The van der Waals surface area contributed by atoms with Crippen LogP contribution in [0.5, 0.6) is 0 Å². The van der Waals surface area contributed by atoms with Gasteiger partial charge in [0.25, 0.3) is 5.91 Å². The molecule has 2 amide bonds. The summed E-state index contributed by atoms with van der Waals surface area (Å²) in [7, 11) is 1.59. The fraction of sp³-hybridized carbons (Fsp3) is 0.750. The van der Waals surface area contributed by atoms with Gasteiger partial charge in [-0.05, 0) is 61.7 Å². The Balaban J connectivity index is 1.31. The van der Waals surface area contributed by atoms with Crippen LogP contribution in [0.3, 0.4) is 0 Å². The molecule has 0 saturated heterocycles. The number of hydrogen-bond acceptors (Lipinski definition) is 4. The van der Waals surface area contributed by atoms with E-state index in [-0.39, 0.29) is 17.2 Å². The van der Waals surface area contributed by atoms with Gasteiger partial charge in [0, 0.05) is 32.0 Å². The predicted octanol–water partition coefficient (Wildman–Crippen LogP) is 2.53. The second kappa shape index (κ2) is 5.83. The van der Waals surface area contributed by atoms with Crippen LogP contribution in [0.4, 0.5) is 0 Å². The molecule has 0 spiro atoms. The van der Waals surface area contributed by atoms with Crippen LogP contribution in [-0.2, 0) is 17.8 Å². The third-order valence-electron chi connectivity index (χ3n) is 7.31. The van der Waals surface area contributed by atoms with Gasteiger partial charge in [-0.2, -0.15) is 0 Å². The second-order valence-corrected chi connectivity index (χ2v) is 9.17. The van der Waals surface area contributed by atoms with Gasteiger partial charge in [-0.3, -0.25) is 9.59 Å². The van der Waals surface area contributed by atoms with Crippen LogP contribution in [0.15, 0.2) is 4.52 Å². The van der Waals surface area contributed by atoms with E-state index in [1.54, 1.807) is 7.05 Å². The van der Waals surface area contributed by atoms with Crippen LogP contribution >= 0.6 is 0 Å². The summed E-state index contributed by atoms with van der Waals surface area (Å²) in [5, 5.41) is 6.52. The molecule has 1 aliphatic heterocycles. The number of nitrogens with zero attached hydrogens (tertiary/aromatic N) is 2. The number of hydrogen-bond donors (Lipinski definition) is 1. The van der Waals surface area contributed by atoms with Crippen molar-refractivity contribution >= 4 is 11.8 Å². The maximum atomic E-state index is 13.1. The van der Waals surface area contributed by atoms with Gasteiger partial charge in [0.1, 0.15) is 5.76 Å². The molecule has 5 aliphatic rings. The van der Waals surface area contributed by atoms with Gasteiger partial charge < -0.3 is 14.7 Å². The maximum Gasteiger partial charge on any atom is 0.273 e. The molecule has 4 bridgehead atoms. The first-order valence-corrected chi connectivity index (χ1v) is 10.0. The number of rotatable bonds is 3. The second-order valence-electron chi connectivity index (χ2n) is 9.17. The summed E-state index contributed by atoms with van der Waals surface area (Å²) in [6.45, 7) is 1.12. The molecular weight excluding hydrogens is 330 g/mol. The van der Waals surface area contributed by atoms with Gasteiger partial charge in [-0.15, -0.1) is 0 Å². The maximum absolute atomic E-state index is 13.1. The first-order chi connectivity index (χ1) is 12.5. The van der Waals surface area contributed by atoms with Gasteiger partial charge in [0.2, 0.25) is 5.91 Å². The lowest BCUT2D eigenvalue weighted by Crippen LogP contribution is -2.49. The topological polar surface area (TPSA) is 75.4 Å². The summed E-state index contributed by atoms with van der Waals surface area (Å²) in [5.41, 5.74) is 1.37. The van der Waals surface area contributed by atoms with Crippen LogP contribution in [0.1, 0.15) is 66.8 Å². The van der Waals surface area contributed by atoms with Crippen molar-refractivity contribution in [3.05, 3.63) is 17.0 Å². The lowest BCUT2D eigenvalue weighted by molar-refractivity contribution is -0.140. The number of nitrogens with one attached hydrogen (secondary N) is 1. The molecule has 26 heavy (non-hydrogen) atoms. The minimum atomic E-state index is -0.245. The fourth-order valence-corrected chi connectivity index (χ4v) is 6.66. The third-order valence-corrected chi connectivity index (χ3v) is 7.31. The molecule has 0 atom stereocenters. The molecule has 1 aromatic heterocycles. The number of carbonyl (C=O) groups is 2. The number of carbonyl (C=O) groups excluding carboxylic acids is 2. The summed E-state index contributed by atoms with van der Waals surface area (Å²) in [6.07, 6.45) is 9.28. The summed E-state index contributed by atoms with van der Waals surface area (Å²) >= 11 is 0. The molecule has 4 fully saturated rings. The predicted molar refractivity (Wildman–Crippen MR) is 94.2 cm³/mol. The Bertz CT molecular complexity index is 718. The van der Waals surface area contributed by atoms with Crippen molar-refractivity contribution in [2.24, 2.45) is 23.2 Å². The molecule has 4 saturated carbocycles. The highest BCUT2D eigenvalue weighted by molar-refractivity contribution is 5.93. The van der Waals surface area contributed by atoms with Crippen molar-refractivity contribution in [2.45, 2.75) is 57.9 Å². The van der Waals surface area contributed by atoms with E-state index < -0.39 is 0 Å². The molecule has 4 aliphatic carbocycles. The van der Waals surface area contributed by atoms with E-state index >= 15 is 0 Å². The van der Waals surface area contributed by atoms with Crippen molar-refractivity contribution in [3.63, 3.8) is 0 Å². The Morgan fingerprint density at radius 2 is 1.85 bits per heavy atom. The van der Waals surface area contributed by atoms with Gasteiger partial charge >= 0.3 is 0 Å². The van der Waals surface area contributed by atoms with Crippen LogP contribution in [0, 0.1) is 23.2 Å². The largest absolute Gasteiger partial charge is 0.360 e. The van der Waals surface area contributed by atoms with Crippen molar-refractivity contribution in [3.8, 4) is 0 Å². The van der Waals surface area contributed by atoms with Crippen molar-refractivity contribution in [1.29, 1.82) is 0 Å². The van der Waals surface area contributed by atoms with Gasteiger partial charge in [-0.1, -0.05) is 5.16 Å². The molecule has 6 nitrogen and oxygen atoms in total. The molecule has 6 rings (SSSR count). The molecular formula is C20H27N3O3. The lowest BCUT2D eigenvalue weighted by Gasteiger charge is -2.57. The van der Waals surface area contributed by atoms with Crippen LogP contribution in [0.2, 0.25) is 0 Å². The Hall–Kier alpha value is -1.85. The average Bonchev–Trinajstić information content (AvgIpc) is 3.02. The molecule has 2 heterocycles. The number of fused-ring (bicyclic) bond motifs is 1. The minimum absolute atomic E-state index is 0.245. The Kier molecular flexibility index (Phi) is 3.66. The van der Waals surface area contributed by atoms with Crippen molar-refractivity contribution in [2.75, 3.05) is 13.6 Å². The molecule has 0 aromatic carbocycles. The third kappa shape index (κ3) is 2.57. The zero-order valence-electron chi connectivity index (χ0n) is 15.4. The zero-order chi connectivity index (χ0) is 17.9. The van der Waals surface area contributed by atoms with E-state index in [0.29, 0.717) is 31.6 Å². The smallest absolute Gasteiger partial charge is 0.273 e. The van der Waals surface area contributed by atoms with Gasteiger partial charge in [-0.25, -0.2) is 0 Å². The van der Waals surface area contributed by atoms with Crippen molar-refractivity contribution in [1.82, 2.24) is 15.4 Å². The Labute approximate surface area is 153 Å². The zero-order valence-corrected chi connectivity index (χ0v) is 15.4. The molecule has 0 radical (unpaired) electrons. The van der Waals surface area contributed by atoms with E-state index in [4.69, 9.17) is 4.52 Å². The normalized spacial score (nSPS) is 34.7.